The molecule has 0 radical (unpaired) electrons. The largest absolute Gasteiger partial charge is 0.347 e. The van der Waals surface area contributed by atoms with Crippen molar-refractivity contribution in [3.8, 4) is 0 Å². The lowest BCUT2D eigenvalue weighted by Crippen LogP contribution is -2.31. The number of rotatable bonds is 2. The number of aryl methyl sites for hydroxylation is 1. The standard InChI is InChI=1S/C15H19N3O2S/c1-9-4-5-10-11(6-9)21-14-13(10)15(20)18(8-16-14)7-12(19)17(2)3/h8-9H,4-7H2,1-3H3/t9-/m0/s1. The van der Waals surface area contributed by atoms with Crippen molar-refractivity contribution in [2.24, 2.45) is 5.92 Å². The highest BCUT2D eigenvalue weighted by molar-refractivity contribution is 7.18. The average molecular weight is 305 g/mol. The number of hydrogen-bond donors (Lipinski definition) is 0. The fraction of sp³-hybridized carbons (Fsp3) is 0.533. The van der Waals surface area contributed by atoms with Crippen molar-refractivity contribution in [2.75, 3.05) is 14.1 Å². The van der Waals surface area contributed by atoms with Crippen LogP contribution in [0.25, 0.3) is 10.2 Å². The van der Waals surface area contributed by atoms with Crippen LogP contribution in [-0.4, -0.2) is 34.5 Å². The molecule has 1 atom stereocenters. The Bertz CT molecular complexity index is 760. The minimum absolute atomic E-state index is 0.0514. The molecule has 0 aliphatic heterocycles. The van der Waals surface area contributed by atoms with E-state index in [1.165, 1.54) is 20.7 Å². The smallest absolute Gasteiger partial charge is 0.262 e. The zero-order valence-electron chi connectivity index (χ0n) is 12.5. The molecule has 3 rings (SSSR count). The fourth-order valence-electron chi connectivity index (χ4n) is 2.77. The predicted octanol–water partition coefficient (Wildman–Crippen LogP) is 1.67. The van der Waals surface area contributed by atoms with E-state index in [4.69, 9.17) is 0 Å². The van der Waals surface area contributed by atoms with Gasteiger partial charge in [0.2, 0.25) is 5.91 Å². The zero-order chi connectivity index (χ0) is 15.1. The lowest BCUT2D eigenvalue weighted by atomic mass is 9.89. The molecule has 112 valence electrons. The van der Waals surface area contributed by atoms with Crippen LogP contribution in [0.4, 0.5) is 0 Å². The molecule has 1 aliphatic carbocycles. The van der Waals surface area contributed by atoms with Crippen molar-refractivity contribution >= 4 is 27.5 Å². The van der Waals surface area contributed by atoms with E-state index in [9.17, 15) is 9.59 Å². The molecule has 0 N–H and O–H groups in total. The lowest BCUT2D eigenvalue weighted by Gasteiger charge is -2.17. The van der Waals surface area contributed by atoms with Gasteiger partial charge in [-0.25, -0.2) is 4.98 Å². The molecule has 2 aromatic heterocycles. The van der Waals surface area contributed by atoms with Gasteiger partial charge in [0.25, 0.3) is 5.56 Å². The molecule has 0 bridgehead atoms. The Labute approximate surface area is 127 Å². The third kappa shape index (κ3) is 2.48. The van der Waals surface area contributed by atoms with Crippen LogP contribution in [0.3, 0.4) is 0 Å². The van der Waals surface area contributed by atoms with Gasteiger partial charge in [0.1, 0.15) is 11.4 Å². The number of amides is 1. The van der Waals surface area contributed by atoms with Crippen molar-refractivity contribution in [2.45, 2.75) is 32.7 Å². The van der Waals surface area contributed by atoms with Gasteiger partial charge in [-0.15, -0.1) is 11.3 Å². The Morgan fingerprint density at radius 1 is 1.52 bits per heavy atom. The second kappa shape index (κ2) is 5.26. The summed E-state index contributed by atoms with van der Waals surface area (Å²) in [6, 6.07) is 0. The summed E-state index contributed by atoms with van der Waals surface area (Å²) >= 11 is 1.63. The van der Waals surface area contributed by atoms with E-state index >= 15 is 0 Å². The third-order valence-corrected chi connectivity index (χ3v) is 5.25. The molecule has 6 heteroatoms. The van der Waals surface area contributed by atoms with Gasteiger partial charge in [-0.05, 0) is 30.7 Å². The zero-order valence-corrected chi connectivity index (χ0v) is 13.4. The highest BCUT2D eigenvalue weighted by Crippen LogP contribution is 2.35. The Morgan fingerprint density at radius 2 is 2.29 bits per heavy atom. The summed E-state index contributed by atoms with van der Waals surface area (Å²) in [4.78, 5) is 32.5. The maximum atomic E-state index is 12.7. The van der Waals surface area contributed by atoms with Crippen LogP contribution < -0.4 is 5.56 Å². The summed E-state index contributed by atoms with van der Waals surface area (Å²) in [6.45, 7) is 2.30. The molecular weight excluding hydrogens is 286 g/mol. The maximum absolute atomic E-state index is 12.7. The molecular formula is C15H19N3O2S. The van der Waals surface area contributed by atoms with E-state index in [2.05, 4.69) is 11.9 Å². The Kier molecular flexibility index (Phi) is 3.57. The van der Waals surface area contributed by atoms with Gasteiger partial charge < -0.3 is 4.90 Å². The summed E-state index contributed by atoms with van der Waals surface area (Å²) in [7, 11) is 3.38. The Hall–Kier alpha value is -1.69. The molecule has 21 heavy (non-hydrogen) atoms. The van der Waals surface area contributed by atoms with Gasteiger partial charge in [-0.3, -0.25) is 14.2 Å². The minimum Gasteiger partial charge on any atom is -0.347 e. The fourth-order valence-corrected chi connectivity index (χ4v) is 4.11. The molecule has 0 saturated heterocycles. The van der Waals surface area contributed by atoms with Crippen LogP contribution in [0.5, 0.6) is 0 Å². The molecule has 0 aromatic carbocycles. The van der Waals surface area contributed by atoms with E-state index in [1.807, 2.05) is 0 Å². The molecule has 0 unspecified atom stereocenters. The number of aromatic nitrogens is 2. The van der Waals surface area contributed by atoms with Crippen LogP contribution in [0, 0.1) is 5.92 Å². The van der Waals surface area contributed by atoms with Crippen LogP contribution >= 0.6 is 11.3 Å². The van der Waals surface area contributed by atoms with Gasteiger partial charge in [0.05, 0.1) is 11.7 Å². The van der Waals surface area contributed by atoms with Gasteiger partial charge in [-0.2, -0.15) is 0 Å². The molecule has 2 aromatic rings. The molecule has 1 aliphatic rings. The van der Waals surface area contributed by atoms with E-state index in [0.29, 0.717) is 5.92 Å². The van der Waals surface area contributed by atoms with Crippen molar-refractivity contribution < 1.29 is 4.79 Å². The molecule has 0 saturated carbocycles. The first-order chi connectivity index (χ1) is 9.97. The predicted molar refractivity (Wildman–Crippen MR) is 83.8 cm³/mol. The second-order valence-corrected chi connectivity index (χ2v) is 7.08. The van der Waals surface area contributed by atoms with Crippen LogP contribution in [0.15, 0.2) is 11.1 Å². The highest BCUT2D eigenvalue weighted by atomic mass is 32.1. The summed E-state index contributed by atoms with van der Waals surface area (Å²) in [6.07, 6.45) is 4.59. The van der Waals surface area contributed by atoms with E-state index in [-0.39, 0.29) is 18.0 Å². The summed E-state index contributed by atoms with van der Waals surface area (Å²) in [5, 5.41) is 0.732. The van der Waals surface area contributed by atoms with Crippen molar-refractivity contribution in [3.63, 3.8) is 0 Å². The SMILES string of the molecule is C[C@H]1CCc2c(sc3ncn(CC(=O)N(C)C)c(=O)c23)C1. The lowest BCUT2D eigenvalue weighted by molar-refractivity contribution is -0.129. The summed E-state index contributed by atoms with van der Waals surface area (Å²) < 4.78 is 1.43. The molecule has 5 nitrogen and oxygen atoms in total. The first-order valence-electron chi connectivity index (χ1n) is 7.17. The number of thiophene rings is 1. The van der Waals surface area contributed by atoms with E-state index in [0.717, 1.165) is 35.0 Å². The number of likely N-dealkylation sites (N-methyl/N-ethyl adjacent to an activating group) is 1. The second-order valence-electron chi connectivity index (χ2n) is 6.00. The monoisotopic (exact) mass is 305 g/mol. The van der Waals surface area contributed by atoms with Crippen molar-refractivity contribution in [1.82, 2.24) is 14.5 Å². The summed E-state index contributed by atoms with van der Waals surface area (Å²) in [5.41, 5.74) is 1.08. The molecule has 1 amide bonds. The van der Waals surface area contributed by atoms with Crippen molar-refractivity contribution in [3.05, 3.63) is 27.1 Å². The normalized spacial score (nSPS) is 17.8. The first kappa shape index (κ1) is 14.3. The van der Waals surface area contributed by atoms with Gasteiger partial charge in [0.15, 0.2) is 0 Å². The topological polar surface area (TPSA) is 55.2 Å². The summed E-state index contributed by atoms with van der Waals surface area (Å²) in [5.74, 6) is 0.569. The van der Waals surface area contributed by atoms with Crippen LogP contribution in [-0.2, 0) is 24.2 Å². The number of nitrogens with zero attached hydrogens (tertiary/aromatic N) is 3. The van der Waals surface area contributed by atoms with Gasteiger partial charge in [-0.1, -0.05) is 6.92 Å². The van der Waals surface area contributed by atoms with Gasteiger partial charge in [0, 0.05) is 19.0 Å². The minimum atomic E-state index is -0.101. The molecule has 2 heterocycles. The average Bonchev–Trinajstić information content (AvgIpc) is 2.79. The van der Waals surface area contributed by atoms with Crippen molar-refractivity contribution in [1.29, 1.82) is 0 Å². The third-order valence-electron chi connectivity index (χ3n) is 4.09. The Balaban J connectivity index is 2.08. The van der Waals surface area contributed by atoms with Crippen LogP contribution in [0.1, 0.15) is 23.8 Å². The molecule has 0 fully saturated rings. The van der Waals surface area contributed by atoms with Crippen LogP contribution in [0.2, 0.25) is 0 Å². The maximum Gasteiger partial charge on any atom is 0.262 e. The van der Waals surface area contributed by atoms with E-state index in [1.54, 1.807) is 25.4 Å². The number of carbonyl (C=O) groups is 1. The Morgan fingerprint density at radius 3 is 3.00 bits per heavy atom. The van der Waals surface area contributed by atoms with Gasteiger partial charge >= 0.3 is 0 Å². The molecule has 0 spiro atoms. The highest BCUT2D eigenvalue weighted by Gasteiger charge is 2.23. The quantitative estimate of drug-likeness (QED) is 0.848. The first-order valence-corrected chi connectivity index (χ1v) is 7.99. The van der Waals surface area contributed by atoms with E-state index < -0.39 is 0 Å². The number of fused-ring (bicyclic) bond motifs is 3. The number of carbonyl (C=O) groups excluding carboxylic acids is 1. The number of hydrogen-bond acceptors (Lipinski definition) is 4.